The maximum atomic E-state index is 14.4. The molecule has 2 fully saturated rings. The molecule has 1 aliphatic carbocycles. The fraction of sp³-hybridized carbons (Fsp3) is 0.732. The number of carboxylic acids is 1. The Labute approximate surface area is 322 Å². The standard InChI is InChI=1S/C41H67N5O8/c1-12-26(6)35(45(9)39(50)34(25(4)5)44-38(49)33(42-8)24(2)3)31(53-10)21-32(47)46-23-41(18-19-41)22-30(46)36(54-11)27(7)37(48)43-29(40(51)52)20-28-16-14-13-15-17-28/h13-17,24-27,29-31,33-36,42H,12,18-23H2,1-11H3,(H,43,48)(H,44,49)(H,51,52)/t26?,27-,29+,30+,31?,33?,34+,35?,36?/m1/s1. The number of hydrogen-bond donors (Lipinski definition) is 4. The van der Waals surface area contributed by atoms with Gasteiger partial charge in [-0.3, -0.25) is 19.2 Å². The van der Waals surface area contributed by atoms with Gasteiger partial charge in [0.05, 0.1) is 42.7 Å². The average Bonchev–Trinajstić information content (AvgIpc) is 3.79. The Kier molecular flexibility index (Phi) is 16.5. The predicted molar refractivity (Wildman–Crippen MR) is 207 cm³/mol. The molecule has 1 heterocycles. The number of nitrogens with zero attached hydrogens (tertiary/aromatic N) is 2. The number of amides is 4. The normalized spacial score (nSPS) is 20.8. The molecule has 0 radical (unpaired) electrons. The van der Waals surface area contributed by atoms with Crippen LogP contribution in [-0.4, -0.2) is 122 Å². The lowest BCUT2D eigenvalue weighted by Gasteiger charge is -2.41. The first-order valence-electron chi connectivity index (χ1n) is 19.6. The molecular formula is C41H67N5O8. The molecule has 3 rings (SSSR count). The molecule has 1 saturated carbocycles. The monoisotopic (exact) mass is 757 g/mol. The van der Waals surface area contributed by atoms with Crippen molar-refractivity contribution in [2.24, 2.45) is 29.1 Å². The zero-order valence-corrected chi connectivity index (χ0v) is 34.4. The van der Waals surface area contributed by atoms with Crippen LogP contribution in [-0.2, 0) is 39.9 Å². The summed E-state index contributed by atoms with van der Waals surface area (Å²) in [5.41, 5.74) is 0.748. The van der Waals surface area contributed by atoms with E-state index < -0.39 is 60.2 Å². The summed E-state index contributed by atoms with van der Waals surface area (Å²) in [6.45, 7) is 14.0. The van der Waals surface area contributed by atoms with Crippen LogP contribution in [0.1, 0.15) is 86.1 Å². The van der Waals surface area contributed by atoms with E-state index in [1.807, 2.05) is 76.8 Å². The highest BCUT2D eigenvalue weighted by Crippen LogP contribution is 2.56. The van der Waals surface area contributed by atoms with E-state index >= 15 is 0 Å². The summed E-state index contributed by atoms with van der Waals surface area (Å²) >= 11 is 0. The van der Waals surface area contributed by atoms with E-state index in [0.29, 0.717) is 13.0 Å². The molecule has 4 N–H and O–H groups in total. The van der Waals surface area contributed by atoms with E-state index in [4.69, 9.17) is 9.47 Å². The van der Waals surface area contributed by atoms with Gasteiger partial charge >= 0.3 is 5.97 Å². The Morgan fingerprint density at radius 1 is 0.926 bits per heavy atom. The number of benzene rings is 1. The van der Waals surface area contributed by atoms with Crippen LogP contribution in [0.5, 0.6) is 0 Å². The first-order valence-corrected chi connectivity index (χ1v) is 19.6. The molecule has 9 atom stereocenters. The minimum atomic E-state index is -1.13. The molecule has 1 aromatic rings. The van der Waals surface area contributed by atoms with Crippen molar-refractivity contribution in [2.45, 2.75) is 129 Å². The number of likely N-dealkylation sites (tertiary alicyclic amines) is 1. The summed E-state index contributed by atoms with van der Waals surface area (Å²) in [6.07, 6.45) is 2.13. The summed E-state index contributed by atoms with van der Waals surface area (Å²) in [6, 6.07) is 5.88. The van der Waals surface area contributed by atoms with E-state index in [2.05, 4.69) is 16.0 Å². The zero-order valence-electron chi connectivity index (χ0n) is 34.4. The summed E-state index contributed by atoms with van der Waals surface area (Å²) in [5, 5.41) is 18.7. The fourth-order valence-electron chi connectivity index (χ4n) is 8.16. The number of carbonyl (C=O) groups is 5. The van der Waals surface area contributed by atoms with Crippen molar-refractivity contribution in [3.63, 3.8) is 0 Å². The van der Waals surface area contributed by atoms with Crippen LogP contribution in [0.25, 0.3) is 0 Å². The lowest BCUT2D eigenvalue weighted by atomic mass is 9.89. The average molecular weight is 758 g/mol. The van der Waals surface area contributed by atoms with Crippen LogP contribution in [0.15, 0.2) is 30.3 Å². The molecule has 54 heavy (non-hydrogen) atoms. The van der Waals surface area contributed by atoms with Gasteiger partial charge in [0.2, 0.25) is 23.6 Å². The van der Waals surface area contributed by atoms with E-state index in [1.165, 1.54) is 7.11 Å². The van der Waals surface area contributed by atoms with Crippen LogP contribution in [0.4, 0.5) is 0 Å². The predicted octanol–water partition coefficient (Wildman–Crippen LogP) is 3.49. The maximum Gasteiger partial charge on any atom is 0.326 e. The van der Waals surface area contributed by atoms with Gasteiger partial charge < -0.3 is 40.3 Å². The number of rotatable bonds is 21. The zero-order chi connectivity index (χ0) is 40.5. The lowest BCUT2D eigenvalue weighted by Crippen LogP contribution is -2.59. The summed E-state index contributed by atoms with van der Waals surface area (Å²) in [5.74, 6) is -3.21. The van der Waals surface area contributed by atoms with Gasteiger partial charge in [0, 0.05) is 34.2 Å². The minimum absolute atomic E-state index is 0.00123. The number of carbonyl (C=O) groups excluding carboxylic acids is 4. The SMILES string of the molecule is CCC(C)C(C(CC(=O)N1CC2(CC2)C[C@H]1C(OC)[C@@H](C)C(=O)N[C@@H](Cc1ccccc1)C(=O)O)OC)N(C)C(=O)[C@@H](NC(=O)C(NC)C(C)C)C(C)C. The highest BCUT2D eigenvalue weighted by molar-refractivity contribution is 5.90. The fourth-order valence-corrected chi connectivity index (χ4v) is 8.16. The second-order valence-corrected chi connectivity index (χ2v) is 16.4. The third kappa shape index (κ3) is 11.0. The number of ether oxygens (including phenoxy) is 2. The Morgan fingerprint density at radius 3 is 2.02 bits per heavy atom. The van der Waals surface area contributed by atoms with Gasteiger partial charge in [-0.1, -0.05) is 85.2 Å². The molecule has 2 aliphatic rings. The molecular weight excluding hydrogens is 690 g/mol. The largest absolute Gasteiger partial charge is 0.480 e. The van der Waals surface area contributed by atoms with Gasteiger partial charge in [-0.15, -0.1) is 0 Å². The van der Waals surface area contributed by atoms with Crippen LogP contribution < -0.4 is 16.0 Å². The highest BCUT2D eigenvalue weighted by atomic mass is 16.5. The molecule has 1 aromatic carbocycles. The van der Waals surface area contributed by atoms with Crippen LogP contribution >= 0.6 is 0 Å². The number of likely N-dealkylation sites (N-methyl/N-ethyl adjacent to an activating group) is 2. The Hall–Kier alpha value is -3.55. The van der Waals surface area contributed by atoms with Gasteiger partial charge in [0.15, 0.2) is 0 Å². The number of hydrogen-bond acceptors (Lipinski definition) is 8. The summed E-state index contributed by atoms with van der Waals surface area (Å²) < 4.78 is 12.0. The van der Waals surface area contributed by atoms with Crippen molar-refractivity contribution >= 4 is 29.6 Å². The van der Waals surface area contributed by atoms with Gasteiger partial charge in [-0.25, -0.2) is 4.79 Å². The lowest BCUT2D eigenvalue weighted by molar-refractivity contribution is -0.148. The topological polar surface area (TPSA) is 167 Å². The van der Waals surface area contributed by atoms with Crippen LogP contribution in [0, 0.1) is 29.1 Å². The van der Waals surface area contributed by atoms with Crippen molar-refractivity contribution < 1.29 is 38.6 Å². The summed E-state index contributed by atoms with van der Waals surface area (Å²) in [4.78, 5) is 71.1. The Balaban J connectivity index is 1.83. The summed E-state index contributed by atoms with van der Waals surface area (Å²) in [7, 11) is 6.52. The van der Waals surface area contributed by atoms with Gasteiger partial charge in [0.25, 0.3) is 0 Å². The molecule has 1 aliphatic heterocycles. The van der Waals surface area contributed by atoms with E-state index in [1.54, 1.807) is 33.0 Å². The second kappa shape index (κ2) is 19.9. The van der Waals surface area contributed by atoms with Crippen LogP contribution in [0.2, 0.25) is 0 Å². The molecule has 1 spiro atoms. The maximum absolute atomic E-state index is 14.4. The van der Waals surface area contributed by atoms with Gasteiger partial charge in [-0.2, -0.15) is 0 Å². The smallest absolute Gasteiger partial charge is 0.326 e. The molecule has 4 amide bonds. The number of nitrogens with one attached hydrogen (secondary N) is 3. The molecule has 304 valence electrons. The molecule has 13 nitrogen and oxygen atoms in total. The third-order valence-electron chi connectivity index (χ3n) is 11.9. The van der Waals surface area contributed by atoms with E-state index in [-0.39, 0.29) is 53.7 Å². The van der Waals surface area contributed by atoms with Gasteiger partial charge in [-0.05, 0) is 55.0 Å². The van der Waals surface area contributed by atoms with Crippen LogP contribution in [0.3, 0.4) is 0 Å². The highest BCUT2D eigenvalue weighted by Gasteiger charge is 2.56. The number of carboxylic acid groups (broad SMARTS) is 1. The van der Waals surface area contributed by atoms with E-state index in [0.717, 1.165) is 24.8 Å². The Bertz CT molecular complexity index is 1420. The Morgan fingerprint density at radius 2 is 1.54 bits per heavy atom. The van der Waals surface area contributed by atoms with Crippen molar-refractivity contribution in [3.8, 4) is 0 Å². The van der Waals surface area contributed by atoms with Crippen molar-refractivity contribution in [1.29, 1.82) is 0 Å². The van der Waals surface area contributed by atoms with Gasteiger partial charge in [0.1, 0.15) is 12.1 Å². The number of methoxy groups -OCH3 is 2. The first kappa shape index (κ1) is 44.8. The van der Waals surface area contributed by atoms with Crippen molar-refractivity contribution in [1.82, 2.24) is 25.8 Å². The van der Waals surface area contributed by atoms with Crippen molar-refractivity contribution in [3.05, 3.63) is 35.9 Å². The first-order chi connectivity index (χ1) is 25.4. The second-order valence-electron chi connectivity index (χ2n) is 16.4. The molecule has 1 saturated heterocycles. The van der Waals surface area contributed by atoms with E-state index in [9.17, 15) is 29.1 Å². The third-order valence-corrected chi connectivity index (χ3v) is 11.9. The molecule has 5 unspecified atom stereocenters. The number of aliphatic carboxylic acids is 1. The molecule has 0 aromatic heterocycles. The van der Waals surface area contributed by atoms with Crippen molar-refractivity contribution in [2.75, 3.05) is 34.9 Å². The quantitative estimate of drug-likeness (QED) is 0.147. The minimum Gasteiger partial charge on any atom is -0.480 e. The molecule has 13 heteroatoms. The molecule has 0 bridgehead atoms.